The number of carbonyl (C=O) groups excluding carboxylic acids is 2. The molecule has 0 aromatic heterocycles. The largest absolute Gasteiger partial charge is 0.826 e. The summed E-state index contributed by atoms with van der Waals surface area (Å²) >= 11 is 0. The van der Waals surface area contributed by atoms with Crippen molar-refractivity contribution < 1.29 is 27.3 Å². The van der Waals surface area contributed by atoms with E-state index in [4.69, 9.17) is 17.7 Å². The third-order valence-electron chi connectivity index (χ3n) is 5.80. The van der Waals surface area contributed by atoms with Crippen molar-refractivity contribution in [2.45, 2.75) is 63.6 Å². The average molecular weight is 399 g/mol. The molecule has 4 aliphatic rings. The lowest BCUT2D eigenvalue weighted by molar-refractivity contribution is -0.138. The van der Waals surface area contributed by atoms with Gasteiger partial charge in [-0.1, -0.05) is 25.7 Å². The fourth-order valence-corrected chi connectivity index (χ4v) is 6.38. The maximum Gasteiger partial charge on any atom is 0.826 e. The summed E-state index contributed by atoms with van der Waals surface area (Å²) in [6.45, 7) is 4.79. The van der Waals surface area contributed by atoms with Gasteiger partial charge in [0.2, 0.25) is 0 Å². The molecule has 0 bridgehead atoms. The average Bonchev–Trinajstić information content (AvgIpc) is 2.91. The summed E-state index contributed by atoms with van der Waals surface area (Å²) in [5.74, 6) is -0.928. The van der Waals surface area contributed by atoms with Crippen LogP contribution in [0.4, 0.5) is 0 Å². The molecule has 2 unspecified atom stereocenters. The van der Waals surface area contributed by atoms with Crippen LogP contribution in [0.1, 0.15) is 51.4 Å². The second-order valence-electron chi connectivity index (χ2n) is 7.98. The molecule has 0 aliphatic carbocycles. The predicted octanol–water partition coefficient (Wildman–Crippen LogP) is 1.06. The molecule has 4 saturated heterocycles. The van der Waals surface area contributed by atoms with Crippen LogP contribution in [0.3, 0.4) is 0 Å². The first kappa shape index (κ1) is 19.3. The van der Waals surface area contributed by atoms with Crippen LogP contribution in [0.5, 0.6) is 0 Å². The van der Waals surface area contributed by atoms with Crippen LogP contribution in [-0.4, -0.2) is 82.3 Å². The van der Waals surface area contributed by atoms with E-state index in [0.717, 1.165) is 51.9 Å². The lowest BCUT2D eigenvalue weighted by Crippen LogP contribution is -2.43. The highest BCUT2D eigenvalue weighted by molar-refractivity contribution is 6.61. The fourth-order valence-electron chi connectivity index (χ4n) is 4.30. The van der Waals surface area contributed by atoms with E-state index < -0.39 is 33.2 Å². The minimum atomic E-state index is -3.67. The Balaban J connectivity index is 1.33. The van der Waals surface area contributed by atoms with Gasteiger partial charge in [-0.25, -0.2) is 0 Å². The van der Waals surface area contributed by atoms with Gasteiger partial charge in [0, 0.05) is 13.1 Å². The summed E-state index contributed by atoms with van der Waals surface area (Å²) in [7, 11) is -3.67. The molecule has 1 spiro atoms. The van der Waals surface area contributed by atoms with Gasteiger partial charge in [0.1, 0.15) is 0 Å². The second kappa shape index (κ2) is 8.56. The molecular weight excluding hydrogens is 368 g/mol. The van der Waals surface area contributed by atoms with Crippen molar-refractivity contribution in [2.75, 3.05) is 39.3 Å². The Morgan fingerprint density at radius 1 is 0.667 bits per heavy atom. The zero-order valence-electron chi connectivity index (χ0n) is 15.9. The van der Waals surface area contributed by atoms with Gasteiger partial charge < -0.3 is 27.5 Å². The van der Waals surface area contributed by atoms with E-state index in [1.165, 1.54) is 25.7 Å². The lowest BCUT2D eigenvalue weighted by atomic mass is 10.2. The highest BCUT2D eigenvalue weighted by atomic mass is 28.4. The molecule has 4 heterocycles. The Morgan fingerprint density at radius 3 is 1.41 bits per heavy atom. The molecule has 9 heteroatoms. The van der Waals surface area contributed by atoms with E-state index in [9.17, 15) is 9.59 Å². The molecule has 4 fully saturated rings. The first-order chi connectivity index (χ1) is 13.1. The molecule has 4 aliphatic heterocycles. The molecule has 27 heavy (non-hydrogen) atoms. The maximum atomic E-state index is 12.3. The van der Waals surface area contributed by atoms with E-state index in [1.807, 2.05) is 0 Å². The Labute approximate surface area is 161 Å². The first-order valence-corrected chi connectivity index (χ1v) is 12.0. The Morgan fingerprint density at radius 2 is 1.04 bits per heavy atom. The van der Waals surface area contributed by atoms with Crippen LogP contribution in [0.15, 0.2) is 0 Å². The molecule has 0 amide bonds. The normalized spacial score (nSPS) is 36.4. The van der Waals surface area contributed by atoms with E-state index in [-0.39, 0.29) is 0 Å². The molecule has 0 radical (unpaired) electrons. The quantitative estimate of drug-likeness (QED) is 0.651. The van der Waals surface area contributed by atoms with E-state index in [2.05, 4.69) is 9.80 Å². The number of nitrogens with zero attached hydrogens (tertiary/aromatic N) is 2. The number of hydrogen-bond donors (Lipinski definition) is 0. The van der Waals surface area contributed by atoms with Gasteiger partial charge in [0.15, 0.2) is 12.2 Å². The van der Waals surface area contributed by atoms with Crippen molar-refractivity contribution in [1.82, 2.24) is 9.80 Å². The SMILES string of the molecule is O=C1O[Si]2(OC(=O)C(CN3CCCCCC3)O2)OC1CN1CCCCCC1. The molecule has 152 valence electrons. The van der Waals surface area contributed by atoms with E-state index in [0.29, 0.717) is 13.1 Å². The highest BCUT2D eigenvalue weighted by Gasteiger charge is 2.69. The second-order valence-corrected chi connectivity index (χ2v) is 9.86. The summed E-state index contributed by atoms with van der Waals surface area (Å²) < 4.78 is 22.4. The van der Waals surface area contributed by atoms with Gasteiger partial charge in [-0.05, 0) is 51.9 Å². The van der Waals surface area contributed by atoms with Crippen LogP contribution >= 0.6 is 0 Å². The summed E-state index contributed by atoms with van der Waals surface area (Å²) in [4.78, 5) is 29.1. The molecule has 0 aromatic rings. The Hall–Kier alpha value is -1.00. The van der Waals surface area contributed by atoms with Gasteiger partial charge >= 0.3 is 21.0 Å². The van der Waals surface area contributed by atoms with Crippen molar-refractivity contribution in [3.8, 4) is 0 Å². The van der Waals surface area contributed by atoms with Crippen molar-refractivity contribution in [3.05, 3.63) is 0 Å². The minimum Gasteiger partial charge on any atom is -0.440 e. The zero-order valence-corrected chi connectivity index (χ0v) is 16.9. The molecule has 0 aromatic carbocycles. The van der Waals surface area contributed by atoms with Crippen molar-refractivity contribution >= 4 is 21.0 Å². The number of likely N-dealkylation sites (tertiary alicyclic amines) is 2. The Bertz CT molecular complexity index is 498. The lowest BCUT2D eigenvalue weighted by Gasteiger charge is -2.22. The molecule has 0 saturated carbocycles. The van der Waals surface area contributed by atoms with Gasteiger partial charge in [-0.2, -0.15) is 0 Å². The van der Waals surface area contributed by atoms with Crippen molar-refractivity contribution in [3.63, 3.8) is 0 Å². The fraction of sp³-hybridized carbons (Fsp3) is 0.889. The minimum absolute atomic E-state index is 0.464. The number of rotatable bonds is 4. The van der Waals surface area contributed by atoms with Crippen LogP contribution in [0, 0.1) is 0 Å². The Kier molecular flexibility index (Phi) is 6.13. The van der Waals surface area contributed by atoms with E-state index >= 15 is 0 Å². The summed E-state index contributed by atoms with van der Waals surface area (Å²) in [5.41, 5.74) is 0. The number of hydrogen-bond acceptors (Lipinski definition) is 8. The van der Waals surface area contributed by atoms with Gasteiger partial charge in [0.25, 0.3) is 0 Å². The van der Waals surface area contributed by atoms with Gasteiger partial charge in [-0.3, -0.25) is 9.59 Å². The van der Waals surface area contributed by atoms with Gasteiger partial charge in [0.05, 0.1) is 0 Å². The summed E-state index contributed by atoms with van der Waals surface area (Å²) in [5, 5.41) is 0. The molecule has 8 nitrogen and oxygen atoms in total. The van der Waals surface area contributed by atoms with Crippen molar-refractivity contribution in [1.29, 1.82) is 0 Å². The van der Waals surface area contributed by atoms with Crippen molar-refractivity contribution in [2.24, 2.45) is 0 Å². The maximum absolute atomic E-state index is 12.3. The van der Waals surface area contributed by atoms with E-state index in [1.54, 1.807) is 0 Å². The predicted molar refractivity (Wildman–Crippen MR) is 97.5 cm³/mol. The van der Waals surface area contributed by atoms with Crippen LogP contribution < -0.4 is 0 Å². The molecule has 4 rings (SSSR count). The van der Waals surface area contributed by atoms with Crippen LogP contribution in [0.2, 0.25) is 0 Å². The first-order valence-electron chi connectivity index (χ1n) is 10.4. The molecular formula is C18H30N2O6Si. The third-order valence-corrected chi connectivity index (χ3v) is 7.84. The van der Waals surface area contributed by atoms with Gasteiger partial charge in [-0.15, -0.1) is 0 Å². The van der Waals surface area contributed by atoms with Crippen LogP contribution in [0.25, 0.3) is 0 Å². The molecule has 2 atom stereocenters. The monoisotopic (exact) mass is 398 g/mol. The summed E-state index contributed by atoms with van der Waals surface area (Å²) in [6, 6.07) is 0. The van der Waals surface area contributed by atoms with Crippen LogP contribution in [-0.2, 0) is 27.3 Å². The highest BCUT2D eigenvalue weighted by Crippen LogP contribution is 2.31. The summed E-state index contributed by atoms with van der Waals surface area (Å²) in [6.07, 6.45) is 7.99. The number of carbonyl (C=O) groups is 2. The standard InChI is InChI=1S/C18H30N2O6Si/c21-17-15(13-19-9-5-1-2-6-10-19)23-27(25-17)24-16(18(22)26-27)14-20-11-7-3-4-8-12-20/h15-16H,1-14H2. The third kappa shape index (κ3) is 4.71. The smallest absolute Gasteiger partial charge is 0.440 e. The zero-order chi connectivity index (χ0) is 18.7. The molecule has 0 N–H and O–H groups in total. The topological polar surface area (TPSA) is 77.5 Å².